The number of hydrogen-bond acceptors (Lipinski definition) is 7. The standard InChI is InChI=1S/C21H16N6O2S/c1-2-4-17-12(3-1)18-20-23-19(26-27(20)9-22-21(18)30-17)14-8-13(24-25-14)11-5-6-15-16(7-11)29-10-28-15/h5-9H,1-4,10H2,(H,24,25). The molecule has 148 valence electrons. The van der Waals surface area contributed by atoms with E-state index in [0.717, 1.165) is 51.5 Å². The van der Waals surface area contributed by atoms with E-state index in [1.54, 1.807) is 22.2 Å². The summed E-state index contributed by atoms with van der Waals surface area (Å²) in [6.07, 6.45) is 6.46. The highest BCUT2D eigenvalue weighted by Crippen LogP contribution is 2.38. The summed E-state index contributed by atoms with van der Waals surface area (Å²) < 4.78 is 12.6. The lowest BCUT2D eigenvalue weighted by atomic mass is 9.97. The summed E-state index contributed by atoms with van der Waals surface area (Å²) in [6, 6.07) is 7.79. The Hall–Kier alpha value is -3.46. The molecular weight excluding hydrogens is 400 g/mol. The number of aryl methyl sites for hydroxylation is 2. The molecular formula is C21H16N6O2S. The van der Waals surface area contributed by atoms with Gasteiger partial charge in [-0.1, -0.05) is 0 Å². The lowest BCUT2D eigenvalue weighted by Crippen LogP contribution is -1.99. The van der Waals surface area contributed by atoms with Crippen molar-refractivity contribution in [1.29, 1.82) is 0 Å². The summed E-state index contributed by atoms with van der Waals surface area (Å²) in [7, 11) is 0. The Morgan fingerprint density at radius 1 is 1.07 bits per heavy atom. The predicted molar refractivity (Wildman–Crippen MR) is 112 cm³/mol. The van der Waals surface area contributed by atoms with E-state index in [0.29, 0.717) is 11.5 Å². The molecule has 9 heteroatoms. The van der Waals surface area contributed by atoms with E-state index in [1.807, 2.05) is 24.3 Å². The molecule has 0 saturated carbocycles. The van der Waals surface area contributed by atoms with Crippen LogP contribution in [-0.4, -0.2) is 36.6 Å². The van der Waals surface area contributed by atoms with Crippen molar-refractivity contribution in [2.45, 2.75) is 25.7 Å². The second kappa shape index (κ2) is 6.02. The molecule has 0 saturated heterocycles. The monoisotopic (exact) mass is 416 g/mol. The second-order valence-electron chi connectivity index (χ2n) is 7.57. The van der Waals surface area contributed by atoms with Gasteiger partial charge in [-0.05, 0) is 55.5 Å². The minimum Gasteiger partial charge on any atom is -0.454 e. The number of hydrogen-bond donors (Lipinski definition) is 1. The number of H-pyrrole nitrogens is 1. The number of rotatable bonds is 2. The first-order valence-electron chi connectivity index (χ1n) is 9.95. The molecule has 1 aliphatic carbocycles. The Balaban J connectivity index is 1.33. The zero-order chi connectivity index (χ0) is 19.7. The molecule has 0 atom stereocenters. The van der Waals surface area contributed by atoms with Crippen LogP contribution >= 0.6 is 11.3 Å². The van der Waals surface area contributed by atoms with E-state index in [2.05, 4.69) is 20.3 Å². The van der Waals surface area contributed by atoms with Gasteiger partial charge >= 0.3 is 0 Å². The molecule has 2 aliphatic rings. The van der Waals surface area contributed by atoms with Crippen molar-refractivity contribution in [2.24, 2.45) is 0 Å². The van der Waals surface area contributed by atoms with Crippen molar-refractivity contribution in [1.82, 2.24) is 29.8 Å². The van der Waals surface area contributed by atoms with E-state index in [4.69, 9.17) is 14.5 Å². The highest BCUT2D eigenvalue weighted by atomic mass is 32.1. The van der Waals surface area contributed by atoms with E-state index in [-0.39, 0.29) is 6.79 Å². The molecule has 30 heavy (non-hydrogen) atoms. The van der Waals surface area contributed by atoms with Gasteiger partial charge in [-0.2, -0.15) is 5.10 Å². The Morgan fingerprint density at radius 3 is 3.00 bits per heavy atom. The number of aromatic amines is 1. The van der Waals surface area contributed by atoms with Crippen LogP contribution in [0.5, 0.6) is 11.5 Å². The third-order valence-corrected chi connectivity index (χ3v) is 6.98. The summed E-state index contributed by atoms with van der Waals surface area (Å²) in [6.45, 7) is 0.257. The highest BCUT2D eigenvalue weighted by Gasteiger charge is 2.22. The van der Waals surface area contributed by atoms with Crippen LogP contribution in [0.4, 0.5) is 0 Å². The Labute approximate surface area is 174 Å². The molecule has 0 amide bonds. The molecule has 5 heterocycles. The summed E-state index contributed by atoms with van der Waals surface area (Å²) in [4.78, 5) is 12.0. The number of nitrogens with one attached hydrogen (secondary N) is 1. The van der Waals surface area contributed by atoms with Crippen LogP contribution in [0.3, 0.4) is 0 Å². The topological polar surface area (TPSA) is 90.2 Å². The van der Waals surface area contributed by atoms with Crippen molar-refractivity contribution >= 4 is 27.2 Å². The van der Waals surface area contributed by atoms with Crippen molar-refractivity contribution in [3.05, 3.63) is 41.0 Å². The third-order valence-electron chi connectivity index (χ3n) is 5.78. The zero-order valence-corrected chi connectivity index (χ0v) is 16.7. The Morgan fingerprint density at radius 2 is 2.00 bits per heavy atom. The number of aromatic nitrogens is 6. The summed E-state index contributed by atoms with van der Waals surface area (Å²) in [5, 5.41) is 13.3. The van der Waals surface area contributed by atoms with Crippen molar-refractivity contribution in [2.75, 3.05) is 6.79 Å². The van der Waals surface area contributed by atoms with E-state index >= 15 is 0 Å². The largest absolute Gasteiger partial charge is 0.454 e. The summed E-state index contributed by atoms with van der Waals surface area (Å²) in [5.74, 6) is 2.09. The van der Waals surface area contributed by atoms with Gasteiger partial charge in [0.1, 0.15) is 16.9 Å². The lowest BCUT2D eigenvalue weighted by molar-refractivity contribution is 0.174. The van der Waals surface area contributed by atoms with Crippen molar-refractivity contribution in [3.8, 4) is 34.3 Å². The Bertz CT molecular complexity index is 1450. The zero-order valence-electron chi connectivity index (χ0n) is 15.9. The van der Waals surface area contributed by atoms with Crippen LogP contribution < -0.4 is 9.47 Å². The summed E-state index contributed by atoms with van der Waals surface area (Å²) >= 11 is 1.79. The maximum Gasteiger partial charge on any atom is 0.231 e. The normalized spacial score (nSPS) is 15.2. The van der Waals surface area contributed by atoms with Gasteiger partial charge in [-0.3, -0.25) is 5.10 Å². The molecule has 8 nitrogen and oxygen atoms in total. The maximum atomic E-state index is 5.48. The minimum absolute atomic E-state index is 0.257. The van der Waals surface area contributed by atoms with Crippen LogP contribution in [0.25, 0.3) is 38.6 Å². The first kappa shape index (κ1) is 16.3. The maximum absolute atomic E-state index is 5.48. The quantitative estimate of drug-likeness (QED) is 0.468. The Kier molecular flexibility index (Phi) is 3.28. The fraction of sp³-hybridized carbons (Fsp3) is 0.238. The third kappa shape index (κ3) is 2.32. The fourth-order valence-corrected chi connectivity index (χ4v) is 5.53. The first-order valence-corrected chi connectivity index (χ1v) is 10.8. The SMILES string of the molecule is c1cc2c(cc1-c1cc(-c3nc4c5c6c(sc5ncn4n3)CCCC6)n[nH]1)OCO2. The van der Waals surface area contributed by atoms with Gasteiger partial charge in [-0.15, -0.1) is 16.4 Å². The van der Waals surface area contributed by atoms with Gasteiger partial charge in [0.25, 0.3) is 0 Å². The number of fused-ring (bicyclic) bond motifs is 6. The van der Waals surface area contributed by atoms with Gasteiger partial charge in [0.05, 0.1) is 11.1 Å². The van der Waals surface area contributed by atoms with Crippen LogP contribution in [0.1, 0.15) is 23.3 Å². The molecule has 1 N–H and O–H groups in total. The smallest absolute Gasteiger partial charge is 0.231 e. The van der Waals surface area contributed by atoms with E-state index < -0.39 is 0 Å². The number of benzene rings is 1. The van der Waals surface area contributed by atoms with Crippen LogP contribution in [-0.2, 0) is 12.8 Å². The molecule has 0 unspecified atom stereocenters. The first-order chi connectivity index (χ1) is 14.8. The van der Waals surface area contributed by atoms with Crippen LogP contribution in [0, 0.1) is 0 Å². The molecule has 4 aromatic heterocycles. The second-order valence-corrected chi connectivity index (χ2v) is 8.66. The number of nitrogens with zero attached hydrogens (tertiary/aromatic N) is 5. The van der Waals surface area contributed by atoms with Crippen molar-refractivity contribution < 1.29 is 9.47 Å². The molecule has 1 aromatic carbocycles. The van der Waals surface area contributed by atoms with Crippen molar-refractivity contribution in [3.63, 3.8) is 0 Å². The predicted octanol–water partition coefficient (Wildman–Crippen LogP) is 4.00. The molecule has 1 aliphatic heterocycles. The molecule has 7 rings (SSSR count). The average molecular weight is 416 g/mol. The average Bonchev–Trinajstić information content (AvgIpc) is 3.56. The molecule has 5 aromatic rings. The molecule has 0 spiro atoms. The van der Waals surface area contributed by atoms with Gasteiger partial charge in [-0.25, -0.2) is 14.5 Å². The van der Waals surface area contributed by atoms with Gasteiger partial charge in [0, 0.05) is 10.4 Å². The van der Waals surface area contributed by atoms with E-state index in [1.165, 1.54) is 23.3 Å². The van der Waals surface area contributed by atoms with E-state index in [9.17, 15) is 0 Å². The molecule has 0 fully saturated rings. The van der Waals surface area contributed by atoms with Gasteiger partial charge in [0.15, 0.2) is 17.1 Å². The highest BCUT2D eigenvalue weighted by molar-refractivity contribution is 7.19. The molecule has 0 radical (unpaired) electrons. The van der Waals surface area contributed by atoms with Gasteiger partial charge < -0.3 is 9.47 Å². The van der Waals surface area contributed by atoms with Crippen LogP contribution in [0.15, 0.2) is 30.6 Å². The fourth-order valence-electron chi connectivity index (χ4n) is 4.31. The van der Waals surface area contributed by atoms with Crippen LogP contribution in [0.2, 0.25) is 0 Å². The minimum atomic E-state index is 0.257. The number of thiophene rings is 1. The van der Waals surface area contributed by atoms with Gasteiger partial charge in [0.2, 0.25) is 12.6 Å². The summed E-state index contributed by atoms with van der Waals surface area (Å²) in [5.41, 5.74) is 4.81. The molecule has 0 bridgehead atoms. The number of ether oxygens (including phenoxy) is 2. The lowest BCUT2D eigenvalue weighted by Gasteiger charge is -2.09.